The van der Waals surface area contributed by atoms with E-state index in [4.69, 9.17) is 14.5 Å². The topological polar surface area (TPSA) is 86.5 Å². The summed E-state index contributed by atoms with van der Waals surface area (Å²) in [6.45, 7) is 5.77. The number of nitrogens with zero attached hydrogens (tertiary/aromatic N) is 5. The molecule has 0 aromatic carbocycles. The van der Waals surface area contributed by atoms with Crippen molar-refractivity contribution in [3.8, 4) is 6.07 Å². The lowest BCUT2D eigenvalue weighted by Crippen LogP contribution is -2.51. The average Bonchev–Trinajstić information content (AvgIpc) is 3.28. The van der Waals surface area contributed by atoms with Crippen LogP contribution in [0.15, 0.2) is 30.5 Å². The number of rotatable bonds is 6. The van der Waals surface area contributed by atoms with Gasteiger partial charge >= 0.3 is 0 Å². The van der Waals surface area contributed by atoms with Crippen molar-refractivity contribution in [2.45, 2.75) is 37.3 Å². The molecule has 0 saturated carbocycles. The monoisotopic (exact) mass is 434 g/mol. The van der Waals surface area contributed by atoms with E-state index in [0.717, 1.165) is 70.3 Å². The predicted molar refractivity (Wildman–Crippen MR) is 122 cm³/mol. The minimum Gasteiger partial charge on any atom is -0.380 e. The molecule has 3 saturated heterocycles. The predicted octanol–water partition coefficient (Wildman–Crippen LogP) is 2.90. The molecule has 0 bridgehead atoms. The number of methoxy groups -OCH3 is 1. The highest BCUT2D eigenvalue weighted by atomic mass is 16.5. The van der Waals surface area contributed by atoms with Crippen LogP contribution in [0.5, 0.6) is 0 Å². The fraction of sp³-hybridized carbons (Fsp3) is 0.542. The van der Waals surface area contributed by atoms with Crippen molar-refractivity contribution in [2.24, 2.45) is 0 Å². The van der Waals surface area contributed by atoms with E-state index in [1.54, 1.807) is 25.4 Å². The Morgan fingerprint density at radius 2 is 1.97 bits per heavy atom. The Morgan fingerprint density at radius 3 is 2.66 bits per heavy atom. The van der Waals surface area contributed by atoms with E-state index in [0.29, 0.717) is 23.3 Å². The lowest BCUT2D eigenvalue weighted by atomic mass is 9.89. The number of nitrogens with one attached hydrogen (secondary N) is 1. The number of aromatic nitrogens is 2. The highest BCUT2D eigenvalue weighted by molar-refractivity contribution is 5.59. The van der Waals surface area contributed by atoms with Crippen LogP contribution in [0.1, 0.15) is 36.3 Å². The first-order valence-electron chi connectivity index (χ1n) is 11.5. The second-order valence-corrected chi connectivity index (χ2v) is 8.90. The molecule has 5 rings (SSSR count). The zero-order chi connectivity index (χ0) is 21.9. The number of hydrogen-bond acceptors (Lipinski definition) is 8. The van der Waals surface area contributed by atoms with Gasteiger partial charge in [-0.25, -0.2) is 9.97 Å². The van der Waals surface area contributed by atoms with Crippen molar-refractivity contribution in [3.63, 3.8) is 0 Å². The second-order valence-electron chi connectivity index (χ2n) is 8.90. The second kappa shape index (κ2) is 9.41. The maximum absolute atomic E-state index is 9.21. The lowest BCUT2D eigenvalue weighted by Gasteiger charge is -2.41. The standard InChI is InChI=1S/C24H30N6O2/c1-31-21-5-9-30(14-21)24-12-19(18-3-7-29(8-4-18)20-15-32-16-20)11-23(28-24)27-22-10-17(13-25)2-6-26-22/h2,6,10-12,18,20-21H,3-5,7-9,14-16H2,1H3,(H,26,27,28)/t21-/m1/s1. The number of anilines is 3. The summed E-state index contributed by atoms with van der Waals surface area (Å²) < 4.78 is 10.9. The number of hydrogen-bond donors (Lipinski definition) is 1. The Hall–Kier alpha value is -2.73. The molecule has 1 N–H and O–H groups in total. The number of ether oxygens (including phenoxy) is 2. The van der Waals surface area contributed by atoms with Crippen LogP contribution in [-0.4, -0.2) is 73.5 Å². The Bertz CT molecular complexity index is 981. The molecule has 2 aromatic rings. The Kier molecular flexibility index (Phi) is 6.21. The van der Waals surface area contributed by atoms with Gasteiger partial charge in [0.2, 0.25) is 0 Å². The summed E-state index contributed by atoms with van der Waals surface area (Å²) in [4.78, 5) is 14.2. The van der Waals surface area contributed by atoms with E-state index in [2.05, 4.69) is 38.3 Å². The van der Waals surface area contributed by atoms with Gasteiger partial charge in [0.05, 0.1) is 37.0 Å². The molecule has 0 spiro atoms. The average molecular weight is 435 g/mol. The van der Waals surface area contributed by atoms with Crippen LogP contribution < -0.4 is 10.2 Å². The summed E-state index contributed by atoms with van der Waals surface area (Å²) >= 11 is 0. The molecule has 3 aliphatic rings. The molecular weight excluding hydrogens is 404 g/mol. The normalized spacial score (nSPS) is 22.5. The van der Waals surface area contributed by atoms with Crippen LogP contribution in [0.2, 0.25) is 0 Å². The highest BCUT2D eigenvalue weighted by Gasteiger charge is 2.31. The molecular formula is C24H30N6O2. The molecule has 8 heteroatoms. The summed E-state index contributed by atoms with van der Waals surface area (Å²) in [5.74, 6) is 2.90. The van der Waals surface area contributed by atoms with Crippen molar-refractivity contribution in [1.29, 1.82) is 5.26 Å². The van der Waals surface area contributed by atoms with Crippen molar-refractivity contribution < 1.29 is 9.47 Å². The Balaban J connectivity index is 1.38. The first-order valence-corrected chi connectivity index (χ1v) is 11.5. The minimum atomic E-state index is 0.249. The van der Waals surface area contributed by atoms with E-state index >= 15 is 0 Å². The van der Waals surface area contributed by atoms with Crippen LogP contribution in [0.25, 0.3) is 0 Å². The fourth-order valence-corrected chi connectivity index (χ4v) is 4.86. The van der Waals surface area contributed by atoms with Crippen molar-refractivity contribution in [1.82, 2.24) is 14.9 Å². The Morgan fingerprint density at radius 1 is 1.12 bits per heavy atom. The highest BCUT2D eigenvalue weighted by Crippen LogP contribution is 2.34. The van der Waals surface area contributed by atoms with Crippen molar-refractivity contribution in [3.05, 3.63) is 41.6 Å². The molecule has 3 aliphatic heterocycles. The molecule has 0 unspecified atom stereocenters. The molecule has 3 fully saturated rings. The van der Waals surface area contributed by atoms with Gasteiger partial charge in [-0.2, -0.15) is 5.26 Å². The maximum Gasteiger partial charge on any atom is 0.134 e. The zero-order valence-corrected chi connectivity index (χ0v) is 18.5. The van der Waals surface area contributed by atoms with Gasteiger partial charge in [-0.05, 0) is 68.1 Å². The van der Waals surface area contributed by atoms with Gasteiger partial charge in [0.25, 0.3) is 0 Å². The largest absolute Gasteiger partial charge is 0.380 e. The summed E-state index contributed by atoms with van der Waals surface area (Å²) in [7, 11) is 1.78. The minimum absolute atomic E-state index is 0.249. The SMILES string of the molecule is CO[C@@H]1CCN(c2cc(C3CCN(C4COC4)CC3)cc(Nc3cc(C#N)ccn3)n2)C1. The molecule has 0 aliphatic carbocycles. The summed E-state index contributed by atoms with van der Waals surface area (Å²) in [6, 6.07) is 10.6. The number of piperidine rings is 1. The first-order chi connectivity index (χ1) is 15.7. The summed E-state index contributed by atoms with van der Waals surface area (Å²) in [6.07, 6.45) is 5.19. The van der Waals surface area contributed by atoms with Crippen LogP contribution >= 0.6 is 0 Å². The Labute approximate surface area is 189 Å². The van der Waals surface area contributed by atoms with Crippen LogP contribution in [0.3, 0.4) is 0 Å². The van der Waals surface area contributed by atoms with Crippen LogP contribution in [-0.2, 0) is 9.47 Å². The zero-order valence-electron chi connectivity index (χ0n) is 18.5. The van der Waals surface area contributed by atoms with Crippen LogP contribution in [0, 0.1) is 11.3 Å². The van der Waals surface area contributed by atoms with E-state index in [1.165, 1.54) is 5.56 Å². The maximum atomic E-state index is 9.21. The van der Waals surface area contributed by atoms with Crippen molar-refractivity contribution in [2.75, 3.05) is 56.7 Å². The molecule has 168 valence electrons. The molecule has 0 radical (unpaired) electrons. The van der Waals surface area contributed by atoms with E-state index < -0.39 is 0 Å². The van der Waals surface area contributed by atoms with Gasteiger partial charge in [0, 0.05) is 26.4 Å². The third-order valence-electron chi connectivity index (χ3n) is 6.92. The summed E-state index contributed by atoms with van der Waals surface area (Å²) in [5.41, 5.74) is 1.90. The molecule has 5 heterocycles. The van der Waals surface area contributed by atoms with Gasteiger partial charge in [0.1, 0.15) is 17.5 Å². The molecule has 2 aromatic heterocycles. The van der Waals surface area contributed by atoms with Gasteiger partial charge in [-0.3, -0.25) is 4.90 Å². The van der Waals surface area contributed by atoms with E-state index in [-0.39, 0.29) is 6.10 Å². The molecule has 1 atom stereocenters. The van der Waals surface area contributed by atoms with E-state index in [9.17, 15) is 5.26 Å². The molecule has 32 heavy (non-hydrogen) atoms. The number of nitriles is 1. The first kappa shape index (κ1) is 21.1. The van der Waals surface area contributed by atoms with E-state index in [1.807, 2.05) is 0 Å². The van der Waals surface area contributed by atoms with Gasteiger partial charge in [-0.15, -0.1) is 0 Å². The smallest absolute Gasteiger partial charge is 0.134 e. The summed E-state index contributed by atoms with van der Waals surface area (Å²) in [5, 5.41) is 12.5. The van der Waals surface area contributed by atoms with Crippen LogP contribution in [0.4, 0.5) is 17.5 Å². The van der Waals surface area contributed by atoms with Gasteiger partial charge in [0.15, 0.2) is 0 Å². The third-order valence-corrected chi connectivity index (χ3v) is 6.92. The quantitative estimate of drug-likeness (QED) is 0.743. The van der Waals surface area contributed by atoms with Gasteiger partial charge < -0.3 is 19.7 Å². The number of pyridine rings is 2. The fourth-order valence-electron chi connectivity index (χ4n) is 4.86. The van der Waals surface area contributed by atoms with Gasteiger partial charge in [-0.1, -0.05) is 0 Å². The molecule has 8 nitrogen and oxygen atoms in total. The lowest BCUT2D eigenvalue weighted by molar-refractivity contribution is -0.0712. The molecule has 0 amide bonds. The third kappa shape index (κ3) is 4.56. The van der Waals surface area contributed by atoms with Crippen molar-refractivity contribution >= 4 is 17.5 Å². The number of likely N-dealkylation sites (tertiary alicyclic amines) is 1.